The van der Waals surface area contributed by atoms with Crippen LogP contribution in [0.25, 0.3) is 10.2 Å². The lowest BCUT2D eigenvalue weighted by Gasteiger charge is -2.35. The number of piperidine rings is 1. The summed E-state index contributed by atoms with van der Waals surface area (Å²) >= 11 is 1.37. The van der Waals surface area contributed by atoms with E-state index < -0.39 is 0 Å². The number of fused-ring (bicyclic) bond motifs is 1. The molecule has 0 spiro atoms. The molecule has 0 N–H and O–H groups in total. The number of unbranched alkanes of at least 4 members (excludes halogenated alkanes) is 1. The number of thiazole rings is 1. The van der Waals surface area contributed by atoms with Gasteiger partial charge in [0.05, 0.1) is 10.2 Å². The molecule has 3 rings (SSSR count). The first-order valence-corrected chi connectivity index (χ1v) is 9.43. The second-order valence-corrected chi connectivity index (χ2v) is 7.28. The van der Waals surface area contributed by atoms with Crippen molar-refractivity contribution in [3.05, 3.63) is 33.9 Å². The third kappa shape index (κ3) is 3.44. The average molecular weight is 318 g/mol. The Balaban J connectivity index is 1.54. The van der Waals surface area contributed by atoms with E-state index in [1.54, 1.807) is 0 Å². The van der Waals surface area contributed by atoms with Crippen LogP contribution < -0.4 is 4.87 Å². The quantitative estimate of drug-likeness (QED) is 0.749. The molecular weight excluding hydrogens is 292 g/mol. The van der Waals surface area contributed by atoms with E-state index in [-0.39, 0.29) is 4.87 Å². The minimum absolute atomic E-state index is 0.186. The fraction of sp³-hybridized carbons (Fsp3) is 0.611. The first-order chi connectivity index (χ1) is 10.8. The van der Waals surface area contributed by atoms with Crippen molar-refractivity contribution in [1.29, 1.82) is 0 Å². The highest BCUT2D eigenvalue weighted by Gasteiger charge is 2.19. The zero-order chi connectivity index (χ0) is 15.4. The van der Waals surface area contributed by atoms with Crippen LogP contribution in [0.2, 0.25) is 0 Å². The Kier molecular flexibility index (Phi) is 5.32. The molecule has 1 aliphatic rings. The molecule has 1 saturated heterocycles. The zero-order valence-corrected chi connectivity index (χ0v) is 14.3. The molecule has 1 fully saturated rings. The number of benzene rings is 1. The number of para-hydroxylation sites is 1. The molecule has 1 atom stereocenters. The first-order valence-electron chi connectivity index (χ1n) is 8.62. The van der Waals surface area contributed by atoms with Gasteiger partial charge in [-0.25, -0.2) is 0 Å². The van der Waals surface area contributed by atoms with Gasteiger partial charge < -0.3 is 4.90 Å². The summed E-state index contributed by atoms with van der Waals surface area (Å²) < 4.78 is 3.06. The minimum Gasteiger partial charge on any atom is -0.300 e. The predicted octanol–water partition coefficient (Wildman–Crippen LogP) is 4.11. The molecule has 1 aromatic heterocycles. The third-order valence-electron chi connectivity index (χ3n) is 4.87. The Hall–Kier alpha value is -1.13. The minimum atomic E-state index is 0.186. The topological polar surface area (TPSA) is 25.2 Å². The number of aromatic nitrogens is 1. The van der Waals surface area contributed by atoms with Gasteiger partial charge in [0.1, 0.15) is 0 Å². The molecule has 0 radical (unpaired) electrons. The largest absolute Gasteiger partial charge is 0.308 e. The molecule has 0 amide bonds. The monoisotopic (exact) mass is 318 g/mol. The average Bonchev–Trinajstić information content (AvgIpc) is 2.87. The van der Waals surface area contributed by atoms with Gasteiger partial charge in [-0.2, -0.15) is 0 Å². The van der Waals surface area contributed by atoms with Crippen molar-refractivity contribution in [2.24, 2.45) is 0 Å². The van der Waals surface area contributed by atoms with Crippen molar-refractivity contribution < 1.29 is 0 Å². The summed E-state index contributed by atoms with van der Waals surface area (Å²) in [6, 6.07) is 8.91. The Morgan fingerprint density at radius 1 is 1.18 bits per heavy atom. The van der Waals surface area contributed by atoms with Gasteiger partial charge in [0.25, 0.3) is 0 Å². The van der Waals surface area contributed by atoms with E-state index in [2.05, 4.69) is 17.9 Å². The molecule has 0 bridgehead atoms. The maximum Gasteiger partial charge on any atom is 0.308 e. The van der Waals surface area contributed by atoms with E-state index in [9.17, 15) is 4.79 Å². The summed E-state index contributed by atoms with van der Waals surface area (Å²) in [5.74, 6) is 0. The molecule has 22 heavy (non-hydrogen) atoms. The molecule has 2 aromatic rings. The van der Waals surface area contributed by atoms with E-state index in [4.69, 9.17) is 0 Å². The predicted molar refractivity (Wildman–Crippen MR) is 94.8 cm³/mol. The first kappa shape index (κ1) is 15.8. The fourth-order valence-electron chi connectivity index (χ4n) is 3.63. The van der Waals surface area contributed by atoms with Crippen LogP contribution in [0.5, 0.6) is 0 Å². The van der Waals surface area contributed by atoms with Gasteiger partial charge in [-0.1, -0.05) is 36.8 Å². The van der Waals surface area contributed by atoms with E-state index in [1.165, 1.54) is 56.5 Å². The van der Waals surface area contributed by atoms with E-state index in [1.807, 2.05) is 22.8 Å². The van der Waals surface area contributed by atoms with Crippen LogP contribution in [0.1, 0.15) is 45.4 Å². The molecule has 1 unspecified atom stereocenters. The lowest BCUT2D eigenvalue weighted by Crippen LogP contribution is -2.39. The highest BCUT2D eigenvalue weighted by Crippen LogP contribution is 2.20. The second kappa shape index (κ2) is 7.42. The van der Waals surface area contributed by atoms with Gasteiger partial charge in [-0.05, 0) is 57.3 Å². The maximum absolute atomic E-state index is 12.1. The van der Waals surface area contributed by atoms with Crippen LogP contribution >= 0.6 is 11.3 Å². The smallest absolute Gasteiger partial charge is 0.300 e. The number of aryl methyl sites for hydroxylation is 1. The summed E-state index contributed by atoms with van der Waals surface area (Å²) in [6.07, 6.45) is 7.66. The Morgan fingerprint density at radius 2 is 2.00 bits per heavy atom. The normalized spacial score (nSPS) is 19.8. The third-order valence-corrected chi connectivity index (χ3v) is 5.83. The zero-order valence-electron chi connectivity index (χ0n) is 13.5. The van der Waals surface area contributed by atoms with Crippen molar-refractivity contribution in [2.75, 3.05) is 13.1 Å². The molecule has 1 aromatic carbocycles. The molecule has 4 heteroatoms. The Morgan fingerprint density at radius 3 is 2.86 bits per heavy atom. The molecule has 0 saturated carbocycles. The van der Waals surface area contributed by atoms with Crippen molar-refractivity contribution in [2.45, 2.75) is 58.0 Å². The van der Waals surface area contributed by atoms with Gasteiger partial charge >= 0.3 is 4.87 Å². The van der Waals surface area contributed by atoms with Gasteiger partial charge in [-0.15, -0.1) is 0 Å². The van der Waals surface area contributed by atoms with Crippen molar-refractivity contribution in [1.82, 2.24) is 9.47 Å². The van der Waals surface area contributed by atoms with Gasteiger partial charge in [0.2, 0.25) is 0 Å². The molecule has 0 aliphatic carbocycles. The summed E-state index contributed by atoms with van der Waals surface area (Å²) in [4.78, 5) is 15.0. The van der Waals surface area contributed by atoms with Gasteiger partial charge in [0.15, 0.2) is 0 Å². The van der Waals surface area contributed by atoms with Crippen LogP contribution in [0, 0.1) is 0 Å². The summed E-state index contributed by atoms with van der Waals surface area (Å²) in [5, 5.41) is 0. The highest BCUT2D eigenvalue weighted by atomic mass is 32.1. The lowest BCUT2D eigenvalue weighted by atomic mass is 10.00. The van der Waals surface area contributed by atoms with Gasteiger partial charge in [-0.3, -0.25) is 9.36 Å². The molecule has 1 aliphatic heterocycles. The molecular formula is C18H26N2OS. The van der Waals surface area contributed by atoms with Crippen LogP contribution in [-0.4, -0.2) is 28.6 Å². The maximum atomic E-state index is 12.1. The molecule has 3 nitrogen and oxygen atoms in total. The molecule has 2 heterocycles. The van der Waals surface area contributed by atoms with Crippen LogP contribution in [0.3, 0.4) is 0 Å². The van der Waals surface area contributed by atoms with Crippen molar-refractivity contribution >= 4 is 21.6 Å². The Labute approximate surface area is 136 Å². The number of likely N-dealkylation sites (tertiary alicyclic amines) is 1. The Bertz CT molecular complexity index is 660. The van der Waals surface area contributed by atoms with Crippen LogP contribution in [0.4, 0.5) is 0 Å². The summed E-state index contributed by atoms with van der Waals surface area (Å²) in [6.45, 7) is 5.61. The lowest BCUT2D eigenvalue weighted by molar-refractivity contribution is 0.141. The summed E-state index contributed by atoms with van der Waals surface area (Å²) in [7, 11) is 0. The number of hydrogen-bond acceptors (Lipinski definition) is 3. The van der Waals surface area contributed by atoms with E-state index in [0.717, 1.165) is 29.2 Å². The highest BCUT2D eigenvalue weighted by molar-refractivity contribution is 7.16. The number of hydrogen-bond donors (Lipinski definition) is 0. The standard InChI is InChI=1S/C18H26N2OS/c1-2-15-9-5-6-12-19(15)13-7-8-14-20-16-10-3-4-11-17(16)22-18(20)21/h3-4,10-11,15H,2,5-9,12-14H2,1H3. The SMILES string of the molecule is CCC1CCCCN1CCCCn1c(=O)sc2ccccc21. The van der Waals surface area contributed by atoms with Crippen molar-refractivity contribution in [3.8, 4) is 0 Å². The van der Waals surface area contributed by atoms with Gasteiger partial charge in [0, 0.05) is 12.6 Å². The van der Waals surface area contributed by atoms with E-state index >= 15 is 0 Å². The summed E-state index contributed by atoms with van der Waals surface area (Å²) in [5.41, 5.74) is 1.10. The second-order valence-electron chi connectivity index (χ2n) is 6.29. The fourth-order valence-corrected chi connectivity index (χ4v) is 4.54. The molecule has 120 valence electrons. The van der Waals surface area contributed by atoms with Crippen LogP contribution in [-0.2, 0) is 6.54 Å². The number of rotatable bonds is 6. The van der Waals surface area contributed by atoms with Crippen LogP contribution in [0.15, 0.2) is 29.1 Å². The van der Waals surface area contributed by atoms with Crippen molar-refractivity contribution in [3.63, 3.8) is 0 Å². The van der Waals surface area contributed by atoms with E-state index in [0.29, 0.717) is 0 Å². The number of nitrogens with zero attached hydrogens (tertiary/aromatic N) is 2.